The second-order valence-electron chi connectivity index (χ2n) is 6.14. The summed E-state index contributed by atoms with van der Waals surface area (Å²) in [6.45, 7) is 5.20. The van der Waals surface area contributed by atoms with E-state index in [1.54, 1.807) is 0 Å². The van der Waals surface area contributed by atoms with Crippen LogP contribution in [0.25, 0.3) is 0 Å². The molecular formula is C18H23NO. The highest BCUT2D eigenvalue weighted by molar-refractivity contribution is 5.98. The fourth-order valence-corrected chi connectivity index (χ4v) is 3.56. The topological polar surface area (TPSA) is 20.3 Å². The number of nitrogens with zero attached hydrogens (tertiary/aromatic N) is 1. The van der Waals surface area contributed by atoms with Crippen LogP contribution in [0.2, 0.25) is 0 Å². The van der Waals surface area contributed by atoms with Crippen LogP contribution in [0.3, 0.4) is 0 Å². The van der Waals surface area contributed by atoms with Crippen LogP contribution in [0.1, 0.15) is 51.1 Å². The minimum Gasteiger partial charge on any atom is -0.367 e. The van der Waals surface area contributed by atoms with Gasteiger partial charge >= 0.3 is 0 Å². The second kappa shape index (κ2) is 5.43. The number of carbonyl (C=O) groups excluding carboxylic acids is 1. The zero-order valence-corrected chi connectivity index (χ0v) is 12.4. The summed E-state index contributed by atoms with van der Waals surface area (Å²) in [5, 5.41) is 0. The molecule has 2 aliphatic rings. The summed E-state index contributed by atoms with van der Waals surface area (Å²) in [7, 11) is 0. The van der Waals surface area contributed by atoms with Crippen molar-refractivity contribution in [2.45, 2.75) is 45.6 Å². The molecule has 2 nitrogen and oxygen atoms in total. The first-order chi connectivity index (χ1) is 9.68. The van der Waals surface area contributed by atoms with Gasteiger partial charge in [0.05, 0.1) is 6.04 Å². The van der Waals surface area contributed by atoms with Crippen LogP contribution in [0.15, 0.2) is 41.6 Å². The van der Waals surface area contributed by atoms with Crippen molar-refractivity contribution in [3.63, 3.8) is 0 Å². The Morgan fingerprint density at radius 2 is 1.85 bits per heavy atom. The van der Waals surface area contributed by atoms with E-state index in [9.17, 15) is 4.79 Å². The van der Waals surface area contributed by atoms with Gasteiger partial charge in [0.25, 0.3) is 0 Å². The Kier molecular flexibility index (Phi) is 3.64. The van der Waals surface area contributed by atoms with E-state index < -0.39 is 0 Å². The van der Waals surface area contributed by atoms with Gasteiger partial charge in [0.2, 0.25) is 0 Å². The van der Waals surface area contributed by atoms with Crippen LogP contribution < -0.4 is 0 Å². The quantitative estimate of drug-likeness (QED) is 0.805. The van der Waals surface area contributed by atoms with Gasteiger partial charge < -0.3 is 4.90 Å². The van der Waals surface area contributed by atoms with Gasteiger partial charge in [-0.1, -0.05) is 37.3 Å². The van der Waals surface area contributed by atoms with Gasteiger partial charge in [-0.25, -0.2) is 0 Å². The first-order valence-electron chi connectivity index (χ1n) is 7.76. The van der Waals surface area contributed by atoms with Gasteiger partial charge in [-0.3, -0.25) is 4.79 Å². The lowest BCUT2D eigenvalue weighted by Crippen LogP contribution is -2.41. The number of carbonyl (C=O) groups is 1. The fourth-order valence-electron chi connectivity index (χ4n) is 3.56. The first-order valence-corrected chi connectivity index (χ1v) is 7.76. The number of hydrogen-bond acceptors (Lipinski definition) is 2. The molecule has 1 aliphatic heterocycles. The highest BCUT2D eigenvalue weighted by atomic mass is 16.1. The third-order valence-electron chi connectivity index (χ3n) is 4.75. The van der Waals surface area contributed by atoms with Crippen molar-refractivity contribution in [3.8, 4) is 0 Å². The summed E-state index contributed by atoms with van der Waals surface area (Å²) in [5.74, 6) is 0.536. The predicted molar refractivity (Wildman–Crippen MR) is 81.2 cm³/mol. The van der Waals surface area contributed by atoms with E-state index in [1.165, 1.54) is 24.1 Å². The largest absolute Gasteiger partial charge is 0.367 e. The van der Waals surface area contributed by atoms with Crippen molar-refractivity contribution in [3.05, 3.63) is 47.2 Å². The van der Waals surface area contributed by atoms with Gasteiger partial charge in [-0.05, 0) is 38.2 Å². The van der Waals surface area contributed by atoms with E-state index in [0.29, 0.717) is 11.8 Å². The number of benzene rings is 1. The van der Waals surface area contributed by atoms with Crippen molar-refractivity contribution in [2.24, 2.45) is 5.92 Å². The highest BCUT2D eigenvalue weighted by Gasteiger charge is 2.34. The maximum atomic E-state index is 12.4. The zero-order chi connectivity index (χ0) is 14.1. The Morgan fingerprint density at radius 1 is 1.15 bits per heavy atom. The number of allylic oxidation sites excluding steroid dienone is 2. The fraction of sp³-hybridized carbons (Fsp3) is 0.500. The molecule has 3 rings (SSSR count). The lowest BCUT2D eigenvalue weighted by molar-refractivity contribution is -0.120. The molecule has 0 saturated carbocycles. The average molecular weight is 269 g/mol. The van der Waals surface area contributed by atoms with E-state index in [1.807, 2.05) is 0 Å². The maximum absolute atomic E-state index is 12.4. The lowest BCUT2D eigenvalue weighted by Gasteiger charge is -2.42. The molecule has 1 aliphatic carbocycles. The monoisotopic (exact) mass is 269 g/mol. The third-order valence-corrected chi connectivity index (χ3v) is 4.75. The van der Waals surface area contributed by atoms with Crippen LogP contribution in [-0.4, -0.2) is 17.2 Å². The summed E-state index contributed by atoms with van der Waals surface area (Å²) >= 11 is 0. The molecule has 2 heteroatoms. The molecule has 0 spiro atoms. The summed E-state index contributed by atoms with van der Waals surface area (Å²) in [4.78, 5) is 14.9. The normalized spacial score (nSPS) is 24.6. The molecule has 0 amide bonds. The van der Waals surface area contributed by atoms with Crippen LogP contribution in [0, 0.1) is 5.92 Å². The van der Waals surface area contributed by atoms with Crippen LogP contribution in [-0.2, 0) is 4.79 Å². The average Bonchev–Trinajstić information content (AvgIpc) is 2.51. The molecule has 20 heavy (non-hydrogen) atoms. The van der Waals surface area contributed by atoms with Crippen LogP contribution in [0.5, 0.6) is 0 Å². The van der Waals surface area contributed by atoms with E-state index >= 15 is 0 Å². The molecule has 0 saturated heterocycles. The number of rotatable bonds is 2. The smallest absolute Gasteiger partial charge is 0.165 e. The van der Waals surface area contributed by atoms with E-state index in [4.69, 9.17) is 0 Å². The zero-order valence-electron chi connectivity index (χ0n) is 12.4. The third kappa shape index (κ3) is 2.28. The summed E-state index contributed by atoms with van der Waals surface area (Å²) < 4.78 is 0. The number of Topliss-reactive ketones (excluding diaryl/α,β-unsaturated/α-hetero) is 1. The van der Waals surface area contributed by atoms with Crippen molar-refractivity contribution < 1.29 is 4.79 Å². The lowest BCUT2D eigenvalue weighted by atomic mass is 9.83. The minimum absolute atomic E-state index is 0.137. The van der Waals surface area contributed by atoms with Crippen molar-refractivity contribution in [2.75, 3.05) is 6.54 Å². The Morgan fingerprint density at radius 3 is 2.60 bits per heavy atom. The van der Waals surface area contributed by atoms with Gasteiger partial charge in [-0.15, -0.1) is 0 Å². The maximum Gasteiger partial charge on any atom is 0.165 e. The molecule has 0 fully saturated rings. The van der Waals surface area contributed by atoms with Crippen LogP contribution >= 0.6 is 0 Å². The molecule has 0 aromatic heterocycles. The van der Waals surface area contributed by atoms with Gasteiger partial charge in [0, 0.05) is 23.7 Å². The Labute approximate surface area is 121 Å². The Balaban J connectivity index is 1.96. The number of ketones is 1. The Bertz CT molecular complexity index is 532. The molecular weight excluding hydrogens is 246 g/mol. The summed E-state index contributed by atoms with van der Waals surface area (Å²) in [5.41, 5.74) is 3.79. The van der Waals surface area contributed by atoms with E-state index in [-0.39, 0.29) is 5.92 Å². The SMILES string of the molecule is CC(c1ccccc1)N1C[C@H](C)C(=O)C2=C1CCCC2. The van der Waals surface area contributed by atoms with E-state index in [2.05, 4.69) is 49.1 Å². The predicted octanol–water partition coefficient (Wildman–Crippen LogP) is 4.10. The minimum atomic E-state index is 0.137. The van der Waals surface area contributed by atoms with Gasteiger partial charge in [-0.2, -0.15) is 0 Å². The molecule has 0 bridgehead atoms. The van der Waals surface area contributed by atoms with Crippen molar-refractivity contribution in [1.29, 1.82) is 0 Å². The molecule has 0 N–H and O–H groups in total. The molecule has 1 aromatic carbocycles. The van der Waals surface area contributed by atoms with Crippen molar-refractivity contribution in [1.82, 2.24) is 4.90 Å². The second-order valence-corrected chi connectivity index (χ2v) is 6.14. The van der Waals surface area contributed by atoms with Crippen molar-refractivity contribution >= 4 is 5.78 Å². The standard InChI is InChI=1S/C18H23NO/c1-13-12-19(14(2)15-8-4-3-5-9-15)17-11-7-6-10-16(17)18(13)20/h3-5,8-9,13-14H,6-7,10-12H2,1-2H3/t13-,14?/m0/s1. The van der Waals surface area contributed by atoms with E-state index in [0.717, 1.165) is 25.0 Å². The molecule has 1 unspecified atom stereocenters. The first kappa shape index (κ1) is 13.4. The Hall–Kier alpha value is -1.57. The number of hydrogen-bond donors (Lipinski definition) is 0. The molecule has 1 heterocycles. The molecule has 0 radical (unpaired) electrons. The van der Waals surface area contributed by atoms with Gasteiger partial charge in [0.15, 0.2) is 5.78 Å². The molecule has 2 atom stereocenters. The van der Waals surface area contributed by atoms with Gasteiger partial charge in [0.1, 0.15) is 0 Å². The summed E-state index contributed by atoms with van der Waals surface area (Å²) in [6, 6.07) is 11.0. The summed E-state index contributed by atoms with van der Waals surface area (Å²) in [6.07, 6.45) is 4.45. The molecule has 106 valence electrons. The highest BCUT2D eigenvalue weighted by Crippen LogP contribution is 2.38. The molecule has 1 aromatic rings. The van der Waals surface area contributed by atoms with Crippen LogP contribution in [0.4, 0.5) is 0 Å².